The molecule has 0 aromatic carbocycles. The molecule has 1 aromatic heterocycles. The summed E-state index contributed by atoms with van der Waals surface area (Å²) in [6.07, 6.45) is 4.57. The van der Waals surface area contributed by atoms with Crippen molar-refractivity contribution in [1.82, 2.24) is 14.3 Å². The largest absolute Gasteiger partial charge is 0.357 e. The van der Waals surface area contributed by atoms with Crippen LogP contribution < -0.4 is 5.32 Å². The van der Waals surface area contributed by atoms with Crippen LogP contribution in [0.2, 0.25) is 0 Å². The zero-order valence-electron chi connectivity index (χ0n) is 12.2. The average molecular weight is 298 g/mol. The van der Waals surface area contributed by atoms with Crippen LogP contribution >= 0.6 is 0 Å². The Morgan fingerprint density at radius 3 is 2.25 bits per heavy atom. The van der Waals surface area contributed by atoms with Gasteiger partial charge >= 0.3 is 0 Å². The fourth-order valence-corrected chi connectivity index (χ4v) is 3.87. The second-order valence-electron chi connectivity index (χ2n) is 5.48. The molecule has 6 nitrogen and oxygen atoms in total. The second kappa shape index (κ2) is 6.05. The molecule has 1 aliphatic rings. The van der Waals surface area contributed by atoms with E-state index in [1.165, 1.54) is 12.4 Å². The monoisotopic (exact) mass is 298 g/mol. The van der Waals surface area contributed by atoms with Crippen molar-refractivity contribution in [3.8, 4) is 0 Å². The van der Waals surface area contributed by atoms with Gasteiger partial charge in [0.05, 0.1) is 12.4 Å². The van der Waals surface area contributed by atoms with E-state index in [9.17, 15) is 8.42 Å². The molecule has 2 heterocycles. The molecule has 0 aliphatic carbocycles. The maximum atomic E-state index is 12.5. The van der Waals surface area contributed by atoms with Crippen LogP contribution in [0.5, 0.6) is 0 Å². The first-order valence-electron chi connectivity index (χ1n) is 6.95. The highest BCUT2D eigenvalue weighted by Crippen LogP contribution is 2.27. The Labute approximate surface area is 120 Å². The third kappa shape index (κ3) is 3.09. The van der Waals surface area contributed by atoms with E-state index < -0.39 is 10.0 Å². The lowest BCUT2D eigenvalue weighted by Gasteiger charge is -2.32. The zero-order chi connectivity index (χ0) is 14.8. The van der Waals surface area contributed by atoms with Crippen LogP contribution in [0.1, 0.15) is 26.7 Å². The fourth-order valence-electron chi connectivity index (χ4n) is 2.51. The fraction of sp³-hybridized carbons (Fsp3) is 0.692. The van der Waals surface area contributed by atoms with Gasteiger partial charge in [-0.2, -0.15) is 4.31 Å². The van der Waals surface area contributed by atoms with Crippen molar-refractivity contribution in [3.05, 3.63) is 12.4 Å². The van der Waals surface area contributed by atoms with Gasteiger partial charge in [-0.15, -0.1) is 0 Å². The van der Waals surface area contributed by atoms with Crippen LogP contribution in [0.4, 0.5) is 5.95 Å². The highest BCUT2D eigenvalue weighted by molar-refractivity contribution is 7.89. The summed E-state index contributed by atoms with van der Waals surface area (Å²) >= 11 is 0. The van der Waals surface area contributed by atoms with Gasteiger partial charge in [-0.05, 0) is 24.7 Å². The van der Waals surface area contributed by atoms with Gasteiger partial charge in [0.25, 0.3) is 0 Å². The third-order valence-electron chi connectivity index (χ3n) is 3.93. The summed E-state index contributed by atoms with van der Waals surface area (Å²) in [7, 11) is -1.76. The first kappa shape index (κ1) is 15.2. The number of aromatic nitrogens is 2. The smallest absolute Gasteiger partial charge is 0.246 e. The average Bonchev–Trinajstić information content (AvgIpc) is 2.47. The standard InChI is InChI=1S/C13H22N4O2S/c1-10(2)11-4-6-17(7-5-11)20(18,19)12-8-15-13(14-3)16-9-12/h8-11H,4-7H2,1-3H3,(H,14,15,16). The van der Waals surface area contributed by atoms with Gasteiger partial charge in [0, 0.05) is 20.1 Å². The number of nitrogens with zero attached hydrogens (tertiary/aromatic N) is 3. The molecule has 1 saturated heterocycles. The molecule has 2 rings (SSSR count). The van der Waals surface area contributed by atoms with Crippen molar-refractivity contribution in [2.45, 2.75) is 31.6 Å². The summed E-state index contributed by atoms with van der Waals surface area (Å²) in [5.74, 6) is 1.64. The summed E-state index contributed by atoms with van der Waals surface area (Å²) in [5, 5.41) is 2.77. The summed E-state index contributed by atoms with van der Waals surface area (Å²) in [4.78, 5) is 8.11. The van der Waals surface area contributed by atoms with Gasteiger partial charge in [-0.1, -0.05) is 13.8 Å². The molecule has 1 aromatic rings. The molecule has 0 unspecified atom stereocenters. The molecule has 1 N–H and O–H groups in total. The highest BCUT2D eigenvalue weighted by atomic mass is 32.2. The molecule has 112 valence electrons. The van der Waals surface area contributed by atoms with E-state index in [-0.39, 0.29) is 4.90 Å². The number of rotatable bonds is 4. The molecule has 1 aliphatic heterocycles. The van der Waals surface area contributed by atoms with Crippen LogP contribution in [0.15, 0.2) is 17.3 Å². The zero-order valence-corrected chi connectivity index (χ0v) is 13.0. The lowest BCUT2D eigenvalue weighted by Crippen LogP contribution is -2.39. The van der Waals surface area contributed by atoms with Crippen molar-refractivity contribution in [1.29, 1.82) is 0 Å². The van der Waals surface area contributed by atoms with E-state index >= 15 is 0 Å². The van der Waals surface area contributed by atoms with E-state index in [1.54, 1.807) is 11.4 Å². The Balaban J connectivity index is 2.11. The summed E-state index contributed by atoms with van der Waals surface area (Å²) < 4.78 is 26.5. The normalized spacial score (nSPS) is 18.4. The number of anilines is 1. The summed E-state index contributed by atoms with van der Waals surface area (Å²) in [5.41, 5.74) is 0. The van der Waals surface area contributed by atoms with Crippen molar-refractivity contribution >= 4 is 16.0 Å². The Morgan fingerprint density at radius 2 is 1.80 bits per heavy atom. The van der Waals surface area contributed by atoms with Gasteiger partial charge in [0.15, 0.2) is 0 Å². The van der Waals surface area contributed by atoms with Crippen molar-refractivity contribution in [2.75, 3.05) is 25.5 Å². The third-order valence-corrected chi connectivity index (χ3v) is 5.78. The minimum atomic E-state index is -3.46. The van der Waals surface area contributed by atoms with Gasteiger partial charge < -0.3 is 5.32 Å². The van der Waals surface area contributed by atoms with Crippen LogP contribution in [0.25, 0.3) is 0 Å². The van der Waals surface area contributed by atoms with Crippen molar-refractivity contribution in [3.63, 3.8) is 0 Å². The maximum absolute atomic E-state index is 12.5. The van der Waals surface area contributed by atoms with Crippen LogP contribution in [-0.2, 0) is 10.0 Å². The topological polar surface area (TPSA) is 75.2 Å². The Bertz CT molecular complexity index is 534. The second-order valence-corrected chi connectivity index (χ2v) is 7.42. The molecule has 1 fully saturated rings. The highest BCUT2D eigenvalue weighted by Gasteiger charge is 2.30. The number of sulfonamides is 1. The maximum Gasteiger partial charge on any atom is 0.246 e. The molecule has 0 amide bonds. The van der Waals surface area contributed by atoms with Gasteiger partial charge in [0.2, 0.25) is 16.0 Å². The predicted molar refractivity (Wildman–Crippen MR) is 77.9 cm³/mol. The van der Waals surface area contributed by atoms with Crippen molar-refractivity contribution < 1.29 is 8.42 Å². The quantitative estimate of drug-likeness (QED) is 0.913. The van der Waals surface area contributed by atoms with Crippen LogP contribution in [0, 0.1) is 11.8 Å². The Hall–Kier alpha value is -1.21. The van der Waals surface area contributed by atoms with E-state index in [0.29, 0.717) is 30.9 Å². The first-order valence-corrected chi connectivity index (χ1v) is 8.39. The minimum absolute atomic E-state index is 0.166. The Morgan fingerprint density at radius 1 is 1.25 bits per heavy atom. The number of piperidine rings is 1. The number of hydrogen-bond donors (Lipinski definition) is 1. The first-order chi connectivity index (χ1) is 9.45. The van der Waals surface area contributed by atoms with E-state index in [0.717, 1.165) is 12.8 Å². The molecular weight excluding hydrogens is 276 g/mol. The number of hydrogen-bond acceptors (Lipinski definition) is 5. The molecule has 0 spiro atoms. The molecule has 20 heavy (non-hydrogen) atoms. The van der Waals surface area contributed by atoms with E-state index in [1.807, 2.05) is 0 Å². The molecule has 0 radical (unpaired) electrons. The SMILES string of the molecule is CNc1ncc(S(=O)(=O)N2CCC(C(C)C)CC2)cn1. The van der Waals surface area contributed by atoms with Crippen molar-refractivity contribution in [2.24, 2.45) is 11.8 Å². The van der Waals surface area contributed by atoms with E-state index in [2.05, 4.69) is 29.1 Å². The summed E-state index contributed by atoms with van der Waals surface area (Å²) in [6.45, 7) is 5.55. The predicted octanol–water partition coefficient (Wildman–Crippen LogP) is 1.57. The summed E-state index contributed by atoms with van der Waals surface area (Å²) in [6, 6.07) is 0. The minimum Gasteiger partial charge on any atom is -0.357 e. The number of nitrogens with one attached hydrogen (secondary N) is 1. The molecular formula is C13H22N4O2S. The molecule has 7 heteroatoms. The molecule has 0 atom stereocenters. The lowest BCUT2D eigenvalue weighted by atomic mass is 9.87. The van der Waals surface area contributed by atoms with Crippen LogP contribution in [0.3, 0.4) is 0 Å². The molecule has 0 bridgehead atoms. The lowest BCUT2D eigenvalue weighted by molar-refractivity contribution is 0.226. The molecule has 0 saturated carbocycles. The Kier molecular flexibility index (Phi) is 4.59. The van der Waals surface area contributed by atoms with Crippen LogP contribution in [-0.4, -0.2) is 42.8 Å². The van der Waals surface area contributed by atoms with E-state index in [4.69, 9.17) is 0 Å². The van der Waals surface area contributed by atoms with Gasteiger partial charge in [-0.3, -0.25) is 0 Å². The van der Waals surface area contributed by atoms with Gasteiger partial charge in [0.1, 0.15) is 4.90 Å². The van der Waals surface area contributed by atoms with Gasteiger partial charge in [-0.25, -0.2) is 18.4 Å².